The fourth-order valence-corrected chi connectivity index (χ4v) is 4.00. The number of nitrogens with two attached hydrogens (primary N) is 1. The van der Waals surface area contributed by atoms with Gasteiger partial charge in [-0.3, -0.25) is 5.41 Å². The first kappa shape index (κ1) is 21.2. The summed E-state index contributed by atoms with van der Waals surface area (Å²) in [7, 11) is 1.98. The van der Waals surface area contributed by atoms with Crippen LogP contribution in [0.5, 0.6) is 0 Å². The lowest BCUT2D eigenvalue weighted by atomic mass is 9.98. The molecule has 4 rings (SSSR count). The van der Waals surface area contributed by atoms with Crippen LogP contribution in [0, 0.1) is 5.41 Å². The zero-order chi connectivity index (χ0) is 22.5. The van der Waals surface area contributed by atoms with Crippen molar-refractivity contribution in [1.82, 2.24) is 4.57 Å². The molecule has 2 amide bonds. The largest absolute Gasteiger partial charge is 0.384 e. The Bertz CT molecular complexity index is 1260. The monoisotopic (exact) mass is 425 g/mol. The second-order valence-corrected chi connectivity index (χ2v) is 7.87. The zero-order valence-electron chi connectivity index (χ0n) is 18.1. The maximum absolute atomic E-state index is 12.7. The summed E-state index contributed by atoms with van der Waals surface area (Å²) < 4.78 is 2.03. The molecule has 0 aliphatic heterocycles. The maximum Gasteiger partial charge on any atom is 0.323 e. The Morgan fingerprint density at radius 1 is 0.969 bits per heavy atom. The number of nitrogen functional groups attached to an aromatic ring is 1. The van der Waals surface area contributed by atoms with Gasteiger partial charge in [0.15, 0.2) is 0 Å². The number of hydrogen-bond acceptors (Lipinski definition) is 2. The molecule has 3 aromatic carbocycles. The highest BCUT2D eigenvalue weighted by atomic mass is 16.2. The number of amides is 2. The number of benzene rings is 3. The van der Waals surface area contributed by atoms with Crippen LogP contribution in [-0.2, 0) is 19.9 Å². The quantitative estimate of drug-likeness (QED) is 0.239. The van der Waals surface area contributed by atoms with E-state index in [1.807, 2.05) is 72.4 Å². The molecule has 1 heterocycles. The first-order valence-electron chi connectivity index (χ1n) is 10.6. The van der Waals surface area contributed by atoms with E-state index in [9.17, 15) is 4.79 Å². The van der Waals surface area contributed by atoms with Crippen molar-refractivity contribution in [3.05, 3.63) is 95.7 Å². The number of hydrogen-bond donors (Lipinski definition) is 4. The van der Waals surface area contributed by atoms with E-state index in [2.05, 4.69) is 22.8 Å². The van der Waals surface area contributed by atoms with Crippen molar-refractivity contribution in [2.75, 3.05) is 10.6 Å². The van der Waals surface area contributed by atoms with Crippen LogP contribution in [0.15, 0.2) is 79.0 Å². The molecule has 0 atom stereocenters. The predicted molar refractivity (Wildman–Crippen MR) is 131 cm³/mol. The average molecular weight is 426 g/mol. The standard InChI is InChI=1S/C26H27N5O/c1-31-16-15-20-17-21(13-14-23(20)31)29-26(32)30-22-12-6-11-19(24(22)25(27)28)10-5-9-18-7-3-2-4-8-18/h2-4,6-8,11-17H,5,9-10H2,1H3,(H3,27,28)(H2,29,30,32). The van der Waals surface area contributed by atoms with E-state index < -0.39 is 0 Å². The van der Waals surface area contributed by atoms with Gasteiger partial charge in [0.1, 0.15) is 5.84 Å². The molecule has 32 heavy (non-hydrogen) atoms. The third-order valence-corrected chi connectivity index (χ3v) is 5.57. The van der Waals surface area contributed by atoms with Gasteiger partial charge in [-0.1, -0.05) is 42.5 Å². The molecule has 0 radical (unpaired) electrons. The normalized spacial score (nSPS) is 10.8. The summed E-state index contributed by atoms with van der Waals surface area (Å²) in [6.45, 7) is 0. The van der Waals surface area contributed by atoms with Crippen molar-refractivity contribution < 1.29 is 4.79 Å². The Balaban J connectivity index is 1.46. The molecule has 6 nitrogen and oxygen atoms in total. The minimum atomic E-state index is -0.371. The van der Waals surface area contributed by atoms with Gasteiger partial charge in [0, 0.05) is 35.4 Å². The number of aromatic nitrogens is 1. The number of carbonyl (C=O) groups excluding carboxylic acids is 1. The Morgan fingerprint density at radius 3 is 2.56 bits per heavy atom. The van der Waals surface area contributed by atoms with Crippen LogP contribution in [0.2, 0.25) is 0 Å². The lowest BCUT2D eigenvalue weighted by Crippen LogP contribution is -2.23. The van der Waals surface area contributed by atoms with Crippen molar-refractivity contribution in [3.8, 4) is 0 Å². The molecule has 6 heteroatoms. The molecule has 0 aliphatic rings. The smallest absolute Gasteiger partial charge is 0.323 e. The minimum Gasteiger partial charge on any atom is -0.384 e. The average Bonchev–Trinajstić information content (AvgIpc) is 3.14. The van der Waals surface area contributed by atoms with Crippen LogP contribution in [0.25, 0.3) is 10.9 Å². The second-order valence-electron chi connectivity index (χ2n) is 7.87. The summed E-state index contributed by atoms with van der Waals surface area (Å²) in [6, 6.07) is 23.3. The fraction of sp³-hybridized carbons (Fsp3) is 0.154. The molecule has 0 unspecified atom stereocenters. The van der Waals surface area contributed by atoms with Gasteiger partial charge in [-0.15, -0.1) is 0 Å². The van der Waals surface area contributed by atoms with Crippen molar-refractivity contribution >= 4 is 34.1 Å². The van der Waals surface area contributed by atoms with E-state index in [4.69, 9.17) is 11.1 Å². The van der Waals surface area contributed by atoms with E-state index in [0.29, 0.717) is 16.9 Å². The van der Waals surface area contributed by atoms with E-state index in [0.717, 1.165) is 35.7 Å². The predicted octanol–water partition coefficient (Wildman–Crippen LogP) is 5.28. The van der Waals surface area contributed by atoms with Crippen LogP contribution in [-0.4, -0.2) is 16.4 Å². The fourth-order valence-electron chi connectivity index (χ4n) is 4.00. The molecule has 0 fully saturated rings. The van der Waals surface area contributed by atoms with E-state index in [-0.39, 0.29) is 11.9 Å². The van der Waals surface area contributed by atoms with Crippen LogP contribution >= 0.6 is 0 Å². The van der Waals surface area contributed by atoms with Crippen molar-refractivity contribution in [2.45, 2.75) is 19.3 Å². The number of nitrogens with one attached hydrogen (secondary N) is 3. The molecular formula is C26H27N5O. The van der Waals surface area contributed by atoms with Gasteiger partial charge in [0.2, 0.25) is 0 Å². The van der Waals surface area contributed by atoms with Crippen molar-refractivity contribution in [1.29, 1.82) is 5.41 Å². The van der Waals surface area contributed by atoms with Gasteiger partial charge in [-0.25, -0.2) is 4.79 Å². The van der Waals surface area contributed by atoms with Crippen LogP contribution in [0.1, 0.15) is 23.1 Å². The highest BCUT2D eigenvalue weighted by Gasteiger charge is 2.14. The molecule has 4 aromatic rings. The Kier molecular flexibility index (Phi) is 6.22. The number of nitrogens with zero attached hydrogens (tertiary/aromatic N) is 1. The molecule has 0 spiro atoms. The molecule has 0 saturated heterocycles. The van der Waals surface area contributed by atoms with Gasteiger partial charge in [-0.05, 0) is 60.7 Å². The first-order chi connectivity index (χ1) is 15.5. The van der Waals surface area contributed by atoms with E-state index >= 15 is 0 Å². The Morgan fingerprint density at radius 2 is 1.78 bits per heavy atom. The lowest BCUT2D eigenvalue weighted by molar-refractivity contribution is 0.262. The van der Waals surface area contributed by atoms with E-state index in [1.165, 1.54) is 5.56 Å². The molecule has 0 bridgehead atoms. The molecular weight excluding hydrogens is 398 g/mol. The molecule has 162 valence electrons. The lowest BCUT2D eigenvalue weighted by Gasteiger charge is -2.15. The van der Waals surface area contributed by atoms with E-state index in [1.54, 1.807) is 6.07 Å². The number of rotatable bonds is 7. The van der Waals surface area contributed by atoms with Crippen molar-refractivity contribution in [3.63, 3.8) is 0 Å². The molecule has 0 saturated carbocycles. The topological polar surface area (TPSA) is 95.9 Å². The summed E-state index contributed by atoms with van der Waals surface area (Å²) in [5, 5.41) is 14.9. The SMILES string of the molecule is Cn1ccc2cc(NC(=O)Nc3cccc(CCCc4ccccc4)c3C(=N)N)ccc21. The number of urea groups is 1. The summed E-state index contributed by atoms with van der Waals surface area (Å²) >= 11 is 0. The number of aryl methyl sites for hydroxylation is 3. The maximum atomic E-state index is 12.7. The number of amidine groups is 1. The van der Waals surface area contributed by atoms with Crippen LogP contribution in [0.4, 0.5) is 16.2 Å². The second kappa shape index (κ2) is 9.39. The molecule has 1 aromatic heterocycles. The third kappa shape index (κ3) is 4.81. The first-order valence-corrected chi connectivity index (χ1v) is 10.6. The van der Waals surface area contributed by atoms with Gasteiger partial charge < -0.3 is 20.9 Å². The summed E-state index contributed by atoms with van der Waals surface area (Å²) in [5.41, 5.74) is 11.0. The van der Waals surface area contributed by atoms with Crippen LogP contribution < -0.4 is 16.4 Å². The van der Waals surface area contributed by atoms with Gasteiger partial charge >= 0.3 is 6.03 Å². The number of anilines is 2. The summed E-state index contributed by atoms with van der Waals surface area (Å²) in [6.07, 6.45) is 4.62. The highest BCUT2D eigenvalue weighted by molar-refractivity contribution is 6.08. The summed E-state index contributed by atoms with van der Waals surface area (Å²) in [4.78, 5) is 12.7. The third-order valence-electron chi connectivity index (χ3n) is 5.57. The molecule has 5 N–H and O–H groups in total. The molecule has 0 aliphatic carbocycles. The minimum absolute atomic E-state index is 0.0543. The van der Waals surface area contributed by atoms with Gasteiger partial charge in [0.05, 0.1) is 5.69 Å². The van der Waals surface area contributed by atoms with Gasteiger partial charge in [0.25, 0.3) is 0 Å². The Labute approximate surface area is 187 Å². The number of fused-ring (bicyclic) bond motifs is 1. The Hall–Kier alpha value is -4.06. The summed E-state index contributed by atoms with van der Waals surface area (Å²) in [5.74, 6) is -0.0543. The van der Waals surface area contributed by atoms with Gasteiger partial charge in [-0.2, -0.15) is 0 Å². The number of carbonyl (C=O) groups is 1. The highest BCUT2D eigenvalue weighted by Crippen LogP contribution is 2.23. The van der Waals surface area contributed by atoms with Crippen molar-refractivity contribution in [2.24, 2.45) is 12.8 Å². The zero-order valence-corrected chi connectivity index (χ0v) is 18.1. The van der Waals surface area contributed by atoms with Crippen LogP contribution in [0.3, 0.4) is 0 Å².